The lowest BCUT2D eigenvalue weighted by atomic mass is 10.2. The van der Waals surface area contributed by atoms with Gasteiger partial charge in [-0.05, 0) is 61.0 Å². The number of rotatable bonds is 7. The molecule has 2 heteroatoms. The van der Waals surface area contributed by atoms with Crippen LogP contribution in [-0.2, 0) is 0 Å². The van der Waals surface area contributed by atoms with Crippen LogP contribution in [0.25, 0.3) is 0 Å². The second-order valence-electron chi connectivity index (χ2n) is 7.20. The van der Waals surface area contributed by atoms with Gasteiger partial charge in [0.1, 0.15) is 41.7 Å². The van der Waals surface area contributed by atoms with Crippen LogP contribution < -0.4 is 20.7 Å². The zero-order valence-electron chi connectivity index (χ0n) is 16.7. The van der Waals surface area contributed by atoms with Gasteiger partial charge in [0, 0.05) is 0 Å². The van der Waals surface area contributed by atoms with Crippen molar-refractivity contribution in [3.05, 3.63) is 121 Å². The van der Waals surface area contributed by atoms with Gasteiger partial charge >= 0.3 is 0 Å². The first-order chi connectivity index (χ1) is 14.3. The van der Waals surface area contributed by atoms with Crippen molar-refractivity contribution in [2.45, 2.75) is 6.92 Å². The first-order valence-corrected chi connectivity index (χ1v) is 12.0. The standard InChI is InChI=1S/C27H26OP/c1-23-12-11-13-24(22-23)28-20-21-29(25-14-5-2-6-15-25,26-16-7-3-8-17-26)27-18-9-4-10-19-27/h2-19,22H,20-21H2,1H3/q+1. The van der Waals surface area contributed by atoms with Crippen molar-refractivity contribution in [3.8, 4) is 5.75 Å². The van der Waals surface area contributed by atoms with E-state index in [0.29, 0.717) is 6.61 Å². The van der Waals surface area contributed by atoms with Crippen molar-refractivity contribution >= 4 is 23.2 Å². The minimum Gasteiger partial charge on any atom is -0.490 e. The fourth-order valence-electron chi connectivity index (χ4n) is 3.89. The fraction of sp³-hybridized carbons (Fsp3) is 0.111. The maximum absolute atomic E-state index is 6.23. The molecule has 0 fully saturated rings. The Bertz CT molecular complexity index is 933. The van der Waals surface area contributed by atoms with Gasteiger partial charge < -0.3 is 4.74 Å². The van der Waals surface area contributed by atoms with E-state index < -0.39 is 7.26 Å². The molecule has 0 saturated heterocycles. The van der Waals surface area contributed by atoms with Crippen molar-refractivity contribution in [2.75, 3.05) is 12.8 Å². The Labute approximate surface area is 174 Å². The van der Waals surface area contributed by atoms with Crippen LogP contribution in [0.1, 0.15) is 5.56 Å². The molecule has 1 nitrogen and oxygen atoms in total. The largest absolute Gasteiger partial charge is 0.490 e. The van der Waals surface area contributed by atoms with Gasteiger partial charge in [0.15, 0.2) is 0 Å². The molecule has 0 aliphatic rings. The summed E-state index contributed by atoms with van der Waals surface area (Å²) in [4.78, 5) is 0. The summed E-state index contributed by atoms with van der Waals surface area (Å²) in [5.41, 5.74) is 1.22. The molecule has 0 atom stereocenters. The molecule has 0 heterocycles. The smallest absolute Gasteiger partial charge is 0.123 e. The average molecular weight is 397 g/mol. The molecule has 4 aromatic carbocycles. The van der Waals surface area contributed by atoms with Crippen LogP contribution in [0.3, 0.4) is 0 Å². The van der Waals surface area contributed by atoms with Crippen LogP contribution >= 0.6 is 7.26 Å². The Morgan fingerprint density at radius 1 is 0.586 bits per heavy atom. The molecule has 0 unspecified atom stereocenters. The Balaban J connectivity index is 1.77. The highest BCUT2D eigenvalue weighted by atomic mass is 31.2. The zero-order valence-corrected chi connectivity index (χ0v) is 17.6. The van der Waals surface area contributed by atoms with E-state index in [-0.39, 0.29) is 0 Å². The second-order valence-corrected chi connectivity index (χ2v) is 10.8. The molecule has 4 rings (SSSR count). The summed E-state index contributed by atoms with van der Waals surface area (Å²) in [6, 6.07) is 41.2. The number of benzene rings is 4. The lowest BCUT2D eigenvalue weighted by Crippen LogP contribution is -2.35. The van der Waals surface area contributed by atoms with Crippen LogP contribution in [0.2, 0.25) is 0 Å². The molecule has 0 aliphatic carbocycles. The molecule has 29 heavy (non-hydrogen) atoms. The number of hydrogen-bond acceptors (Lipinski definition) is 1. The predicted octanol–water partition coefficient (Wildman–Crippen LogP) is 5.37. The highest BCUT2D eigenvalue weighted by Gasteiger charge is 2.45. The van der Waals surface area contributed by atoms with Crippen molar-refractivity contribution in [1.29, 1.82) is 0 Å². The van der Waals surface area contributed by atoms with E-state index in [0.717, 1.165) is 11.9 Å². The van der Waals surface area contributed by atoms with E-state index in [1.165, 1.54) is 21.5 Å². The number of hydrogen-bond donors (Lipinski definition) is 0. The van der Waals surface area contributed by atoms with Crippen LogP contribution in [0.4, 0.5) is 0 Å². The molecule has 0 bridgehead atoms. The van der Waals surface area contributed by atoms with Crippen LogP contribution in [0, 0.1) is 6.92 Å². The minimum absolute atomic E-state index is 0.677. The molecule has 0 radical (unpaired) electrons. The van der Waals surface area contributed by atoms with Gasteiger partial charge in [0.2, 0.25) is 0 Å². The van der Waals surface area contributed by atoms with Gasteiger partial charge in [0.25, 0.3) is 0 Å². The van der Waals surface area contributed by atoms with E-state index in [1.54, 1.807) is 0 Å². The van der Waals surface area contributed by atoms with Crippen molar-refractivity contribution < 1.29 is 4.74 Å². The SMILES string of the molecule is Cc1cccc(OCC[P+](c2ccccc2)(c2ccccc2)c2ccccc2)c1. The maximum Gasteiger partial charge on any atom is 0.123 e. The number of ether oxygens (including phenoxy) is 1. The molecule has 0 aliphatic heterocycles. The molecular formula is C27H26OP+. The third-order valence-corrected chi connectivity index (χ3v) is 9.67. The molecule has 0 aromatic heterocycles. The first-order valence-electron chi connectivity index (χ1n) is 10.0. The minimum atomic E-state index is -1.83. The van der Waals surface area contributed by atoms with E-state index in [4.69, 9.17) is 4.74 Å². The molecule has 144 valence electrons. The van der Waals surface area contributed by atoms with Gasteiger partial charge in [-0.2, -0.15) is 0 Å². The van der Waals surface area contributed by atoms with Crippen molar-refractivity contribution in [3.63, 3.8) is 0 Å². The number of aryl methyl sites for hydroxylation is 1. The Kier molecular flexibility index (Phi) is 6.08. The zero-order chi connectivity index (χ0) is 19.9. The highest BCUT2D eigenvalue weighted by molar-refractivity contribution is 7.95. The van der Waals surface area contributed by atoms with Gasteiger partial charge in [-0.1, -0.05) is 66.7 Å². The quantitative estimate of drug-likeness (QED) is 0.381. The van der Waals surface area contributed by atoms with E-state index in [9.17, 15) is 0 Å². The van der Waals surface area contributed by atoms with Gasteiger partial charge in [-0.15, -0.1) is 0 Å². The monoisotopic (exact) mass is 397 g/mol. The molecular weight excluding hydrogens is 371 g/mol. The predicted molar refractivity (Wildman–Crippen MR) is 127 cm³/mol. The van der Waals surface area contributed by atoms with Crippen molar-refractivity contribution in [2.24, 2.45) is 0 Å². The Hall–Kier alpha value is -2.89. The third-order valence-electron chi connectivity index (χ3n) is 5.28. The first kappa shape index (κ1) is 19.4. The summed E-state index contributed by atoms with van der Waals surface area (Å²) in [5.74, 6) is 0.942. The molecule has 0 saturated carbocycles. The Morgan fingerprint density at radius 3 is 1.52 bits per heavy atom. The topological polar surface area (TPSA) is 9.23 Å². The Morgan fingerprint density at radius 2 is 1.07 bits per heavy atom. The summed E-state index contributed by atoms with van der Waals surface area (Å²) in [6.45, 7) is 2.78. The molecule has 0 amide bonds. The normalized spacial score (nSPS) is 11.2. The average Bonchev–Trinajstić information content (AvgIpc) is 2.79. The van der Waals surface area contributed by atoms with Gasteiger partial charge in [-0.3, -0.25) is 0 Å². The lowest BCUT2D eigenvalue weighted by molar-refractivity contribution is 0.343. The third kappa shape index (κ3) is 4.26. The molecule has 0 N–H and O–H groups in total. The van der Waals surface area contributed by atoms with Gasteiger partial charge in [-0.25, -0.2) is 0 Å². The highest BCUT2D eigenvalue weighted by Crippen LogP contribution is 2.54. The maximum atomic E-state index is 6.23. The van der Waals surface area contributed by atoms with Crippen LogP contribution in [0.5, 0.6) is 5.75 Å². The molecule has 4 aromatic rings. The summed E-state index contributed by atoms with van der Waals surface area (Å²) in [6.07, 6.45) is 0.957. The van der Waals surface area contributed by atoms with Gasteiger partial charge in [0.05, 0.1) is 0 Å². The van der Waals surface area contributed by atoms with E-state index in [2.05, 4.69) is 116 Å². The van der Waals surface area contributed by atoms with E-state index >= 15 is 0 Å². The summed E-state index contributed by atoms with van der Waals surface area (Å²) < 4.78 is 6.23. The summed E-state index contributed by atoms with van der Waals surface area (Å²) in [5, 5.41) is 4.18. The molecule has 0 spiro atoms. The van der Waals surface area contributed by atoms with Crippen molar-refractivity contribution in [1.82, 2.24) is 0 Å². The summed E-state index contributed by atoms with van der Waals surface area (Å²) in [7, 11) is -1.83. The lowest BCUT2D eigenvalue weighted by Gasteiger charge is -2.27. The second kappa shape index (κ2) is 9.07. The fourth-order valence-corrected chi connectivity index (χ4v) is 7.96. The van der Waals surface area contributed by atoms with Crippen LogP contribution in [-0.4, -0.2) is 12.8 Å². The summed E-state index contributed by atoms with van der Waals surface area (Å²) >= 11 is 0. The van der Waals surface area contributed by atoms with Crippen LogP contribution in [0.15, 0.2) is 115 Å². The van der Waals surface area contributed by atoms with E-state index in [1.807, 2.05) is 6.07 Å².